The number of hydrogen-bond acceptors (Lipinski definition) is 4. The van der Waals surface area contributed by atoms with Crippen LogP contribution < -0.4 is 0 Å². The Labute approximate surface area is 119 Å². The summed E-state index contributed by atoms with van der Waals surface area (Å²) in [5.74, 6) is -1.35. The molecule has 106 valence electrons. The minimum Gasteiger partial charge on any atom is -0.481 e. The molecule has 0 radical (unpaired) electrons. The molecule has 0 aliphatic heterocycles. The van der Waals surface area contributed by atoms with Gasteiger partial charge >= 0.3 is 11.9 Å². The second kappa shape index (κ2) is 6.70. The third kappa shape index (κ3) is 4.05. The lowest BCUT2D eigenvalue weighted by atomic mass is 10.1. The molecule has 0 aliphatic carbocycles. The number of carbonyl (C=O) groups is 2. The van der Waals surface area contributed by atoms with Crippen molar-refractivity contribution < 1.29 is 19.4 Å². The fourth-order valence-corrected chi connectivity index (χ4v) is 2.15. The second-order valence-electron chi connectivity index (χ2n) is 4.42. The van der Waals surface area contributed by atoms with Crippen LogP contribution in [0.25, 0.3) is 0 Å². The lowest BCUT2D eigenvalue weighted by Crippen LogP contribution is -2.27. The number of ether oxygens (including phenoxy) is 1. The second-order valence-corrected chi connectivity index (χ2v) is 5.27. The number of rotatable bonds is 6. The van der Waals surface area contributed by atoms with Gasteiger partial charge < -0.3 is 9.84 Å². The normalized spacial score (nSPS) is 12.5. The van der Waals surface area contributed by atoms with Gasteiger partial charge in [0.15, 0.2) is 6.04 Å². The van der Waals surface area contributed by atoms with Crippen LogP contribution in [0.5, 0.6) is 0 Å². The number of nitrogens with zero attached hydrogens (tertiary/aromatic N) is 2. The average molecular weight is 333 g/mol. The molecule has 0 fully saturated rings. The maximum atomic E-state index is 11.9. The van der Waals surface area contributed by atoms with Crippen molar-refractivity contribution in [3.63, 3.8) is 0 Å². The van der Waals surface area contributed by atoms with Crippen LogP contribution in [-0.4, -0.2) is 33.4 Å². The molecule has 7 heteroatoms. The molecular formula is C12H17BrN2O4. The summed E-state index contributed by atoms with van der Waals surface area (Å²) in [5.41, 5.74) is 0.391. The predicted octanol–water partition coefficient (Wildman–Crippen LogP) is 2.03. The molecule has 19 heavy (non-hydrogen) atoms. The summed E-state index contributed by atoms with van der Waals surface area (Å²) in [4.78, 5) is 22.6. The van der Waals surface area contributed by atoms with Gasteiger partial charge in [-0.1, -0.05) is 13.8 Å². The van der Waals surface area contributed by atoms with Crippen molar-refractivity contribution in [1.29, 1.82) is 0 Å². The van der Waals surface area contributed by atoms with Crippen LogP contribution in [0.2, 0.25) is 0 Å². The Balaban J connectivity index is 3.03. The maximum Gasteiger partial charge on any atom is 0.331 e. The summed E-state index contributed by atoms with van der Waals surface area (Å²) in [5, 5.41) is 12.9. The van der Waals surface area contributed by atoms with Gasteiger partial charge in [-0.05, 0) is 28.8 Å². The van der Waals surface area contributed by atoms with Crippen molar-refractivity contribution in [1.82, 2.24) is 9.78 Å². The number of aliphatic carboxylic acids is 1. The van der Waals surface area contributed by atoms with Gasteiger partial charge in [-0.3, -0.25) is 9.48 Å². The summed E-state index contributed by atoms with van der Waals surface area (Å²) in [6.45, 7) is 5.80. The standard InChI is InChI=1S/C12H17BrN2O4/c1-4-19-12(18)11(7(2)3)15-6-8(13)9(14-15)5-10(16)17/h6-7,11H,4-5H2,1-3H3,(H,16,17). The highest BCUT2D eigenvalue weighted by Gasteiger charge is 2.27. The first-order valence-electron chi connectivity index (χ1n) is 5.98. The van der Waals surface area contributed by atoms with E-state index in [-0.39, 0.29) is 18.3 Å². The predicted molar refractivity (Wildman–Crippen MR) is 71.8 cm³/mol. The summed E-state index contributed by atoms with van der Waals surface area (Å²) < 4.78 is 7.06. The summed E-state index contributed by atoms with van der Waals surface area (Å²) in [7, 11) is 0. The van der Waals surface area contributed by atoms with Crippen LogP contribution in [0.15, 0.2) is 10.7 Å². The Morgan fingerprint density at radius 2 is 2.16 bits per heavy atom. The maximum absolute atomic E-state index is 11.9. The third-order valence-corrected chi connectivity index (χ3v) is 3.18. The molecule has 1 unspecified atom stereocenters. The van der Waals surface area contributed by atoms with Crippen molar-refractivity contribution in [2.24, 2.45) is 5.92 Å². The van der Waals surface area contributed by atoms with Crippen LogP contribution in [0.4, 0.5) is 0 Å². The Morgan fingerprint density at radius 1 is 1.53 bits per heavy atom. The van der Waals surface area contributed by atoms with Gasteiger partial charge in [0.1, 0.15) is 0 Å². The minimum absolute atomic E-state index is 0.0106. The minimum atomic E-state index is -0.969. The summed E-state index contributed by atoms with van der Waals surface area (Å²) in [6, 6.07) is -0.557. The number of hydrogen-bond donors (Lipinski definition) is 1. The number of aromatic nitrogens is 2. The van der Waals surface area contributed by atoms with Crippen LogP contribution >= 0.6 is 15.9 Å². The van der Waals surface area contributed by atoms with Gasteiger partial charge in [-0.25, -0.2) is 4.79 Å². The first-order valence-corrected chi connectivity index (χ1v) is 6.78. The van der Waals surface area contributed by atoms with Gasteiger partial charge in [0, 0.05) is 6.20 Å². The first kappa shape index (κ1) is 15.7. The number of esters is 1. The van der Waals surface area contributed by atoms with E-state index in [1.54, 1.807) is 13.1 Å². The highest BCUT2D eigenvalue weighted by atomic mass is 79.9. The Bertz CT molecular complexity index is 470. The van der Waals surface area contributed by atoms with E-state index in [0.29, 0.717) is 16.8 Å². The van der Waals surface area contributed by atoms with Crippen molar-refractivity contribution in [2.75, 3.05) is 6.61 Å². The third-order valence-electron chi connectivity index (χ3n) is 2.52. The SMILES string of the molecule is CCOC(=O)C(C(C)C)n1cc(Br)c(CC(=O)O)n1. The van der Waals surface area contributed by atoms with Crippen LogP contribution in [0.3, 0.4) is 0 Å². The molecule has 0 bridgehead atoms. The van der Waals surface area contributed by atoms with Crippen molar-refractivity contribution in [2.45, 2.75) is 33.2 Å². The monoisotopic (exact) mass is 332 g/mol. The van der Waals surface area contributed by atoms with Crippen molar-refractivity contribution in [3.8, 4) is 0 Å². The van der Waals surface area contributed by atoms with E-state index in [1.165, 1.54) is 4.68 Å². The molecule has 1 atom stereocenters. The molecule has 1 rings (SSSR count). The quantitative estimate of drug-likeness (QED) is 0.806. The van der Waals surface area contributed by atoms with Gasteiger partial charge in [-0.2, -0.15) is 5.10 Å². The van der Waals surface area contributed by atoms with Crippen molar-refractivity contribution in [3.05, 3.63) is 16.4 Å². The largest absolute Gasteiger partial charge is 0.481 e. The highest BCUT2D eigenvalue weighted by Crippen LogP contribution is 2.23. The smallest absolute Gasteiger partial charge is 0.331 e. The summed E-state index contributed by atoms with van der Waals surface area (Å²) >= 11 is 3.25. The number of halogens is 1. The van der Waals surface area contributed by atoms with Gasteiger partial charge in [0.2, 0.25) is 0 Å². The molecule has 1 aromatic rings. The molecule has 6 nitrogen and oxygen atoms in total. The number of carboxylic acid groups (broad SMARTS) is 1. The average Bonchev–Trinajstić information content (AvgIpc) is 2.58. The van der Waals surface area contributed by atoms with Gasteiger partial charge in [-0.15, -0.1) is 0 Å². The Hall–Kier alpha value is -1.37. The zero-order valence-corrected chi connectivity index (χ0v) is 12.7. The molecule has 0 aliphatic rings. The van der Waals surface area contributed by atoms with E-state index in [2.05, 4.69) is 21.0 Å². The molecule has 1 N–H and O–H groups in total. The Kier molecular flexibility index (Phi) is 5.53. The fourth-order valence-electron chi connectivity index (χ4n) is 1.73. The van der Waals surface area contributed by atoms with Crippen LogP contribution in [0.1, 0.15) is 32.5 Å². The fraction of sp³-hybridized carbons (Fsp3) is 0.583. The molecule has 1 aromatic heterocycles. The number of carbonyl (C=O) groups excluding carboxylic acids is 1. The van der Waals surface area contributed by atoms with Gasteiger partial charge in [0.05, 0.1) is 23.2 Å². The van der Waals surface area contributed by atoms with E-state index in [9.17, 15) is 9.59 Å². The van der Waals surface area contributed by atoms with Gasteiger partial charge in [0.25, 0.3) is 0 Å². The van der Waals surface area contributed by atoms with E-state index >= 15 is 0 Å². The molecule has 1 heterocycles. The Morgan fingerprint density at radius 3 is 2.63 bits per heavy atom. The molecule has 0 aromatic carbocycles. The van der Waals surface area contributed by atoms with E-state index in [1.807, 2.05) is 13.8 Å². The van der Waals surface area contributed by atoms with Crippen LogP contribution in [0, 0.1) is 5.92 Å². The zero-order chi connectivity index (χ0) is 14.6. The molecule has 0 saturated heterocycles. The first-order chi connectivity index (χ1) is 8.86. The van der Waals surface area contributed by atoms with E-state index in [0.717, 1.165) is 0 Å². The topological polar surface area (TPSA) is 81.4 Å². The zero-order valence-electron chi connectivity index (χ0n) is 11.1. The lowest BCUT2D eigenvalue weighted by molar-refractivity contribution is -0.149. The number of carboxylic acids is 1. The summed E-state index contributed by atoms with van der Waals surface area (Å²) in [6.07, 6.45) is 1.42. The van der Waals surface area contributed by atoms with E-state index < -0.39 is 12.0 Å². The van der Waals surface area contributed by atoms with E-state index in [4.69, 9.17) is 9.84 Å². The molecular weight excluding hydrogens is 316 g/mol. The molecule has 0 spiro atoms. The van der Waals surface area contributed by atoms with Crippen molar-refractivity contribution >= 4 is 27.9 Å². The highest BCUT2D eigenvalue weighted by molar-refractivity contribution is 9.10. The molecule has 0 saturated carbocycles. The molecule has 0 amide bonds. The lowest BCUT2D eigenvalue weighted by Gasteiger charge is -2.19. The van der Waals surface area contributed by atoms with Crippen LogP contribution in [-0.2, 0) is 20.7 Å².